The summed E-state index contributed by atoms with van der Waals surface area (Å²) in [5.74, 6) is 0.155. The minimum atomic E-state index is -2.46. The molecule has 2 fully saturated rings. The zero-order valence-electron chi connectivity index (χ0n) is 30.4. The molecule has 3 aromatic carbocycles. The van der Waals surface area contributed by atoms with Crippen LogP contribution in [0, 0.1) is 16.0 Å². The molecule has 1 spiro atoms. The number of aryl methyl sites for hydroxylation is 1. The number of hydrogen-bond donors (Lipinski definition) is 2. The van der Waals surface area contributed by atoms with E-state index in [1.54, 1.807) is 27.7 Å². The maximum absolute atomic E-state index is 15.1. The fourth-order valence-corrected chi connectivity index (χ4v) is 12.7. The van der Waals surface area contributed by atoms with Gasteiger partial charge >= 0.3 is 0 Å². The smallest absolute Gasteiger partial charge is 0.269 e. The minimum Gasteiger partial charge on any atom is -0.497 e. The Morgan fingerprint density at radius 1 is 1.11 bits per heavy atom. The third-order valence-electron chi connectivity index (χ3n) is 11.3. The van der Waals surface area contributed by atoms with Crippen LogP contribution in [0.5, 0.6) is 5.75 Å². The maximum atomic E-state index is 15.1. The second-order valence-electron chi connectivity index (χ2n) is 14.6. The summed E-state index contributed by atoms with van der Waals surface area (Å²) < 4.78 is 14.4. The molecule has 0 bridgehead atoms. The van der Waals surface area contributed by atoms with Crippen molar-refractivity contribution in [2.24, 2.45) is 5.92 Å². The molecule has 2 amide bonds. The van der Waals surface area contributed by atoms with Gasteiger partial charge in [-0.05, 0) is 47.9 Å². The molecule has 4 atom stereocenters. The lowest BCUT2D eigenvalue weighted by molar-refractivity contribution is -0.385. The molecular formula is C38H45N7O7Si. The van der Waals surface area contributed by atoms with Crippen LogP contribution < -0.4 is 25.0 Å². The number of fused-ring (bicyclic) bond motifs is 2. The highest BCUT2D eigenvalue weighted by molar-refractivity contribution is 6.91. The lowest BCUT2D eigenvalue weighted by Gasteiger charge is -2.37. The van der Waals surface area contributed by atoms with E-state index in [9.17, 15) is 20.0 Å². The fourth-order valence-electron chi connectivity index (χ4n) is 8.62. The number of aliphatic hydroxyl groups is 1. The van der Waals surface area contributed by atoms with Crippen molar-refractivity contribution >= 4 is 42.1 Å². The number of methoxy groups -OCH3 is 1. The Morgan fingerprint density at radius 3 is 2.55 bits per heavy atom. The van der Waals surface area contributed by atoms with Crippen molar-refractivity contribution in [1.29, 1.82) is 0 Å². The highest BCUT2D eigenvalue weighted by Gasteiger charge is 2.66. The van der Waals surface area contributed by atoms with Gasteiger partial charge in [-0.1, -0.05) is 54.7 Å². The van der Waals surface area contributed by atoms with Crippen LogP contribution in [0.3, 0.4) is 0 Å². The number of nitro benzene ring substituents is 1. The van der Waals surface area contributed by atoms with Crippen molar-refractivity contribution in [3.05, 3.63) is 99.9 Å². The number of carbonyl (C=O) groups excluding carboxylic acids is 2. The number of aliphatic hydroxyl groups excluding tert-OH is 1. The molecule has 0 radical (unpaired) electrons. The van der Waals surface area contributed by atoms with Gasteiger partial charge in [0.15, 0.2) is 5.60 Å². The summed E-state index contributed by atoms with van der Waals surface area (Å²) in [5.41, 5.74) is 1.76. The summed E-state index contributed by atoms with van der Waals surface area (Å²) in [6.45, 7) is 8.87. The van der Waals surface area contributed by atoms with Gasteiger partial charge in [-0.3, -0.25) is 24.4 Å². The van der Waals surface area contributed by atoms with Crippen LogP contribution in [-0.2, 0) is 39.4 Å². The molecule has 14 nitrogen and oxygen atoms in total. The quantitative estimate of drug-likeness (QED) is 0.125. The third-order valence-corrected chi connectivity index (χ3v) is 15.7. The normalized spacial score (nSPS) is 22.8. The summed E-state index contributed by atoms with van der Waals surface area (Å²) in [7, 11) is -0.824. The van der Waals surface area contributed by atoms with Gasteiger partial charge in [-0.2, -0.15) is 0 Å². The van der Waals surface area contributed by atoms with Crippen molar-refractivity contribution in [1.82, 2.24) is 20.3 Å². The van der Waals surface area contributed by atoms with Crippen LogP contribution in [0.15, 0.2) is 72.9 Å². The number of hydrogen-bond acceptors (Lipinski definition) is 10. The molecule has 4 heterocycles. The lowest BCUT2D eigenvalue weighted by Crippen LogP contribution is -2.51. The van der Waals surface area contributed by atoms with Crippen LogP contribution in [-0.4, -0.2) is 84.4 Å². The summed E-state index contributed by atoms with van der Waals surface area (Å²) in [6.07, 6.45) is 2.34. The number of ether oxygens (including phenoxy) is 2. The number of aromatic nitrogens is 3. The van der Waals surface area contributed by atoms with E-state index in [1.165, 1.54) is 17.3 Å². The van der Waals surface area contributed by atoms with Crippen LogP contribution in [0.2, 0.25) is 18.6 Å². The van der Waals surface area contributed by atoms with Crippen LogP contribution in [0.1, 0.15) is 30.2 Å². The first-order valence-electron chi connectivity index (χ1n) is 18.0. The van der Waals surface area contributed by atoms with Gasteiger partial charge in [-0.15, -0.1) is 5.10 Å². The average molecular weight is 740 g/mol. The number of rotatable bonds is 12. The van der Waals surface area contributed by atoms with Gasteiger partial charge in [0, 0.05) is 68.2 Å². The van der Waals surface area contributed by atoms with E-state index >= 15 is 4.79 Å². The standard InChI is InChI=1S/C38H45N7O7Si/c1-25-36(53(3,4)31-12-10-30(51-2)11-13-31)34(15-18-42-24-27(16-20-46)40-41-42)52-38(25)32-21-29(45(49)50)9-14-33(32)44(37(38)48)23-26-5-7-28(8-6-26)43-19-17-39-22-35(43)47/h5-14,21,24-25,34,36,39,46H,15-20,22-23H2,1-4H3/t25-,34+,36-,38+/m1/s1. The molecule has 3 aliphatic rings. The first-order chi connectivity index (χ1) is 25.5. The molecule has 0 aliphatic carbocycles. The molecule has 7 rings (SSSR count). The predicted molar refractivity (Wildman–Crippen MR) is 201 cm³/mol. The average Bonchev–Trinajstić information content (AvgIpc) is 3.81. The molecule has 0 unspecified atom stereocenters. The fraction of sp³-hybridized carbons (Fsp3) is 0.421. The van der Waals surface area contributed by atoms with E-state index in [1.807, 2.05) is 42.6 Å². The molecule has 2 saturated heterocycles. The highest BCUT2D eigenvalue weighted by Crippen LogP contribution is 2.60. The molecule has 1 aromatic heterocycles. The highest BCUT2D eigenvalue weighted by atomic mass is 28.3. The molecule has 3 aliphatic heterocycles. The van der Waals surface area contributed by atoms with Crippen molar-refractivity contribution in [2.75, 3.05) is 43.2 Å². The van der Waals surface area contributed by atoms with Crippen molar-refractivity contribution < 1.29 is 29.1 Å². The van der Waals surface area contributed by atoms with Crippen molar-refractivity contribution in [2.45, 2.75) is 63.2 Å². The zero-order valence-corrected chi connectivity index (χ0v) is 31.4. The Kier molecular flexibility index (Phi) is 9.93. The van der Waals surface area contributed by atoms with Gasteiger partial charge in [0.05, 0.1) is 50.7 Å². The number of nitrogens with one attached hydrogen (secondary N) is 1. The SMILES string of the molecule is COc1ccc([Si](C)(C)[C@H]2[C@H](CCn3cc(CCO)nn3)O[C@@]3(C(=O)N(Cc4ccc(N5CCNCC5=O)cc4)c4ccc([N+](=O)[O-])cc43)[C@@H]2C)cc1. The van der Waals surface area contributed by atoms with Crippen LogP contribution in [0.4, 0.5) is 17.1 Å². The molecule has 278 valence electrons. The molecular weight excluding hydrogens is 695 g/mol. The molecule has 53 heavy (non-hydrogen) atoms. The van der Waals surface area contributed by atoms with Crippen molar-refractivity contribution in [3.63, 3.8) is 0 Å². The second kappa shape index (κ2) is 14.5. The minimum absolute atomic E-state index is 0.00296. The first kappa shape index (κ1) is 36.4. The number of piperazine rings is 1. The van der Waals surface area contributed by atoms with Gasteiger partial charge in [0.25, 0.3) is 11.6 Å². The molecule has 0 saturated carbocycles. The van der Waals surface area contributed by atoms with E-state index in [0.717, 1.165) is 17.0 Å². The summed E-state index contributed by atoms with van der Waals surface area (Å²) in [5, 5.41) is 34.3. The van der Waals surface area contributed by atoms with E-state index in [-0.39, 0.29) is 48.7 Å². The van der Waals surface area contributed by atoms with E-state index < -0.39 is 24.7 Å². The summed E-state index contributed by atoms with van der Waals surface area (Å²) in [6, 6.07) is 20.3. The van der Waals surface area contributed by atoms with E-state index in [0.29, 0.717) is 49.4 Å². The molecule has 4 aromatic rings. The van der Waals surface area contributed by atoms with E-state index in [4.69, 9.17) is 9.47 Å². The lowest BCUT2D eigenvalue weighted by atomic mass is 9.82. The monoisotopic (exact) mass is 739 g/mol. The van der Waals surface area contributed by atoms with E-state index in [2.05, 4.69) is 47.8 Å². The number of nitrogens with zero attached hydrogens (tertiary/aromatic N) is 6. The molecule has 2 N–H and O–H groups in total. The summed E-state index contributed by atoms with van der Waals surface area (Å²) >= 11 is 0. The maximum Gasteiger partial charge on any atom is 0.269 e. The number of anilines is 2. The molecule has 15 heteroatoms. The second-order valence-corrected chi connectivity index (χ2v) is 19.3. The van der Waals surface area contributed by atoms with Crippen LogP contribution in [0.25, 0.3) is 0 Å². The third kappa shape index (κ3) is 6.51. The number of amides is 2. The van der Waals surface area contributed by atoms with Crippen molar-refractivity contribution in [3.8, 4) is 5.75 Å². The first-order valence-corrected chi connectivity index (χ1v) is 21.1. The van der Waals surface area contributed by atoms with Gasteiger partial charge in [-0.25, -0.2) is 0 Å². The number of carbonyl (C=O) groups is 2. The summed E-state index contributed by atoms with van der Waals surface area (Å²) in [4.78, 5) is 42.8. The predicted octanol–water partition coefficient (Wildman–Crippen LogP) is 3.52. The largest absolute Gasteiger partial charge is 0.497 e. The Hall–Kier alpha value is -4.96. The van der Waals surface area contributed by atoms with Gasteiger partial charge in [0.2, 0.25) is 5.91 Å². The Balaban J connectivity index is 1.27. The van der Waals surface area contributed by atoms with Gasteiger partial charge in [0.1, 0.15) is 5.75 Å². The van der Waals surface area contributed by atoms with Crippen LogP contribution >= 0.6 is 0 Å². The number of benzene rings is 3. The zero-order chi connectivity index (χ0) is 37.5. The Labute approximate surface area is 308 Å². The number of nitro groups is 1. The number of non-ortho nitro benzene ring substituents is 1. The van der Waals surface area contributed by atoms with Gasteiger partial charge < -0.3 is 29.7 Å². The topological polar surface area (TPSA) is 165 Å². The Bertz CT molecular complexity index is 2000. The Morgan fingerprint density at radius 2 is 1.87 bits per heavy atom.